The molecule has 172 valence electrons. The molecule has 0 aliphatic carbocycles. The lowest BCUT2D eigenvalue weighted by atomic mass is 10.0. The number of nitrogens with one attached hydrogen (secondary N) is 2. The van der Waals surface area contributed by atoms with Gasteiger partial charge in [-0.3, -0.25) is 9.59 Å². The van der Waals surface area contributed by atoms with Crippen LogP contribution in [0.2, 0.25) is 0 Å². The summed E-state index contributed by atoms with van der Waals surface area (Å²) in [5, 5.41) is 6.39. The largest absolute Gasteiger partial charge is 0.490 e. The van der Waals surface area contributed by atoms with Crippen molar-refractivity contribution in [2.45, 2.75) is 56.1 Å². The van der Waals surface area contributed by atoms with E-state index in [1.165, 1.54) is 12.1 Å². The third kappa shape index (κ3) is 6.18. The van der Waals surface area contributed by atoms with Crippen LogP contribution in [0.5, 0.6) is 5.75 Å². The first-order valence-electron chi connectivity index (χ1n) is 10.8. The zero-order chi connectivity index (χ0) is 22.4. The average molecular weight is 453 g/mol. The van der Waals surface area contributed by atoms with Crippen molar-refractivity contribution in [2.24, 2.45) is 11.7 Å². The van der Waals surface area contributed by atoms with Crippen molar-refractivity contribution >= 4 is 21.8 Å². The number of sulfonamides is 1. The average Bonchev–Trinajstić information content (AvgIpc) is 3.22. The fraction of sp³-hybridized carbons (Fsp3) is 0.619. The minimum Gasteiger partial charge on any atom is -0.490 e. The van der Waals surface area contributed by atoms with Crippen LogP contribution in [0, 0.1) is 5.92 Å². The van der Waals surface area contributed by atoms with E-state index in [1.807, 2.05) is 0 Å². The predicted octanol–water partition coefficient (Wildman–Crippen LogP) is 0.598. The van der Waals surface area contributed by atoms with Gasteiger partial charge >= 0.3 is 0 Å². The monoisotopic (exact) mass is 452 g/mol. The van der Waals surface area contributed by atoms with E-state index >= 15 is 0 Å². The Morgan fingerprint density at radius 3 is 2.32 bits per heavy atom. The number of ether oxygens (including phenoxy) is 1. The fourth-order valence-corrected chi connectivity index (χ4v) is 5.71. The molecule has 0 saturated carbocycles. The van der Waals surface area contributed by atoms with Crippen molar-refractivity contribution in [2.75, 3.05) is 26.2 Å². The lowest BCUT2D eigenvalue weighted by Crippen LogP contribution is -2.46. The van der Waals surface area contributed by atoms with Gasteiger partial charge in [-0.05, 0) is 69.1 Å². The van der Waals surface area contributed by atoms with Crippen LogP contribution < -0.4 is 21.1 Å². The molecule has 0 spiro atoms. The van der Waals surface area contributed by atoms with Crippen LogP contribution in [-0.4, -0.2) is 62.9 Å². The summed E-state index contributed by atoms with van der Waals surface area (Å²) in [5.41, 5.74) is 5.22. The molecule has 9 nitrogen and oxygen atoms in total. The van der Waals surface area contributed by atoms with Crippen LogP contribution in [0.1, 0.15) is 39.0 Å². The Morgan fingerprint density at radius 2 is 1.74 bits per heavy atom. The van der Waals surface area contributed by atoms with Gasteiger partial charge in [-0.2, -0.15) is 0 Å². The summed E-state index contributed by atoms with van der Waals surface area (Å²) in [6.45, 7) is 4.57. The van der Waals surface area contributed by atoms with E-state index in [9.17, 15) is 18.0 Å². The van der Waals surface area contributed by atoms with Crippen LogP contribution >= 0.6 is 0 Å². The number of carbonyl (C=O) groups excluding carboxylic acids is 2. The molecule has 0 radical (unpaired) electrons. The van der Waals surface area contributed by atoms with Crippen molar-refractivity contribution in [1.82, 2.24) is 14.9 Å². The number of hydrogen-bond acceptors (Lipinski definition) is 7. The number of nitrogens with two attached hydrogens (primary N) is 1. The van der Waals surface area contributed by atoms with E-state index in [2.05, 4.69) is 10.6 Å². The van der Waals surface area contributed by atoms with Gasteiger partial charge in [-0.1, -0.05) is 6.92 Å². The third-order valence-electron chi connectivity index (χ3n) is 5.65. The molecule has 2 fully saturated rings. The summed E-state index contributed by atoms with van der Waals surface area (Å²) in [6.07, 6.45) is 2.44. The highest BCUT2D eigenvalue weighted by atomic mass is 32.2. The van der Waals surface area contributed by atoms with Gasteiger partial charge in [0, 0.05) is 19.4 Å². The number of piperidine rings is 1. The summed E-state index contributed by atoms with van der Waals surface area (Å²) < 4.78 is 33.7. The molecule has 2 atom stereocenters. The molecule has 2 saturated heterocycles. The zero-order valence-corrected chi connectivity index (χ0v) is 18.7. The maximum atomic E-state index is 13.4. The Bertz CT molecular complexity index is 862. The number of amides is 2. The van der Waals surface area contributed by atoms with Gasteiger partial charge < -0.3 is 21.1 Å². The summed E-state index contributed by atoms with van der Waals surface area (Å²) in [6, 6.07) is 5.80. The number of carbonyl (C=O) groups is 2. The fourth-order valence-electron chi connectivity index (χ4n) is 4.09. The number of primary amides is 1. The molecule has 2 heterocycles. The topological polar surface area (TPSA) is 131 Å². The van der Waals surface area contributed by atoms with Crippen molar-refractivity contribution in [3.63, 3.8) is 0 Å². The number of nitrogens with zero attached hydrogens (tertiary/aromatic N) is 1. The maximum absolute atomic E-state index is 13.4. The predicted molar refractivity (Wildman–Crippen MR) is 116 cm³/mol. The summed E-state index contributed by atoms with van der Waals surface area (Å²) in [7, 11) is -4.05. The van der Waals surface area contributed by atoms with E-state index < -0.39 is 27.9 Å². The Kier molecular flexibility index (Phi) is 7.90. The van der Waals surface area contributed by atoms with Crippen molar-refractivity contribution < 1.29 is 22.7 Å². The second-order valence-electron chi connectivity index (χ2n) is 8.36. The summed E-state index contributed by atoms with van der Waals surface area (Å²) in [4.78, 5) is 24.2. The van der Waals surface area contributed by atoms with E-state index in [1.54, 1.807) is 19.1 Å². The summed E-state index contributed by atoms with van der Waals surface area (Å²) >= 11 is 0. The van der Waals surface area contributed by atoms with Crippen molar-refractivity contribution in [1.29, 1.82) is 0 Å². The van der Waals surface area contributed by atoms with Gasteiger partial charge in [-0.25, -0.2) is 12.7 Å². The molecule has 2 aliphatic heterocycles. The standard InChI is InChI=1S/C21H32N4O5S/c1-15(12-20(22)26)13-21(27)25(16-6-9-24-14-16)31(28,29)19-4-2-17(3-5-19)30-18-7-10-23-11-8-18/h2-5,15-16,18,23-24H,6-14H2,1H3,(H2,22,26)/t15-,16?/m0/s1. The van der Waals surface area contributed by atoms with Crippen LogP contribution in [0.15, 0.2) is 29.2 Å². The first-order valence-corrected chi connectivity index (χ1v) is 12.2. The van der Waals surface area contributed by atoms with E-state index in [4.69, 9.17) is 10.5 Å². The highest BCUT2D eigenvalue weighted by Gasteiger charge is 2.37. The first-order chi connectivity index (χ1) is 14.8. The van der Waals surface area contributed by atoms with Crippen LogP contribution in [-0.2, 0) is 19.6 Å². The van der Waals surface area contributed by atoms with E-state index in [0.717, 1.165) is 30.2 Å². The number of rotatable bonds is 9. The molecule has 1 unspecified atom stereocenters. The van der Waals surface area contributed by atoms with Crippen LogP contribution in [0.25, 0.3) is 0 Å². The Morgan fingerprint density at radius 1 is 1.10 bits per heavy atom. The Labute approximate surface area is 183 Å². The van der Waals surface area contributed by atoms with Gasteiger partial charge in [0.25, 0.3) is 10.0 Å². The molecule has 3 rings (SSSR count). The molecule has 1 aromatic rings. The lowest BCUT2D eigenvalue weighted by Gasteiger charge is -2.29. The second kappa shape index (κ2) is 10.4. The highest BCUT2D eigenvalue weighted by molar-refractivity contribution is 7.89. The third-order valence-corrected chi connectivity index (χ3v) is 7.54. The second-order valence-corrected chi connectivity index (χ2v) is 10.2. The molecule has 10 heteroatoms. The van der Waals surface area contributed by atoms with Gasteiger partial charge in [0.2, 0.25) is 11.8 Å². The molecule has 31 heavy (non-hydrogen) atoms. The smallest absolute Gasteiger partial charge is 0.266 e. The molecule has 2 amide bonds. The van der Waals surface area contributed by atoms with Crippen LogP contribution in [0.4, 0.5) is 0 Å². The SMILES string of the molecule is C[C@@H](CC(N)=O)CC(=O)N(C1CCNC1)S(=O)(=O)c1ccc(OC2CCNCC2)cc1. The van der Waals surface area contributed by atoms with Gasteiger partial charge in [0.1, 0.15) is 11.9 Å². The zero-order valence-electron chi connectivity index (χ0n) is 17.9. The quantitative estimate of drug-likeness (QED) is 0.500. The minimum atomic E-state index is -4.05. The van der Waals surface area contributed by atoms with E-state index in [-0.39, 0.29) is 29.8 Å². The molecule has 0 aromatic heterocycles. The molecular formula is C21H32N4O5S. The van der Waals surface area contributed by atoms with Crippen molar-refractivity contribution in [3.05, 3.63) is 24.3 Å². The summed E-state index contributed by atoms with van der Waals surface area (Å²) in [5.74, 6) is -0.752. The minimum absolute atomic E-state index is 0.0330. The molecule has 4 N–H and O–H groups in total. The molecule has 0 bridgehead atoms. The normalized spacial score (nSPS) is 20.9. The van der Waals surface area contributed by atoms with Gasteiger partial charge in [-0.15, -0.1) is 0 Å². The van der Waals surface area contributed by atoms with Crippen molar-refractivity contribution in [3.8, 4) is 5.75 Å². The Hall–Kier alpha value is -2.17. The number of benzene rings is 1. The molecular weight excluding hydrogens is 420 g/mol. The Balaban J connectivity index is 1.77. The highest BCUT2D eigenvalue weighted by Crippen LogP contribution is 2.26. The molecule has 2 aliphatic rings. The van der Waals surface area contributed by atoms with E-state index in [0.29, 0.717) is 25.3 Å². The van der Waals surface area contributed by atoms with Gasteiger partial charge in [0.15, 0.2) is 0 Å². The molecule has 1 aromatic carbocycles. The first kappa shape index (κ1) is 23.5. The number of hydrogen-bond donors (Lipinski definition) is 3. The lowest BCUT2D eigenvalue weighted by molar-refractivity contribution is -0.128. The van der Waals surface area contributed by atoms with Crippen LogP contribution in [0.3, 0.4) is 0 Å². The maximum Gasteiger partial charge on any atom is 0.266 e. The van der Waals surface area contributed by atoms with Gasteiger partial charge in [0.05, 0.1) is 10.9 Å².